The fraction of sp³-hybridized carbons (Fsp3) is 0.444. The minimum absolute atomic E-state index is 0.0365. The monoisotopic (exact) mass is 225 g/mol. The van der Waals surface area contributed by atoms with E-state index in [0.29, 0.717) is 0 Å². The molecule has 1 aromatic heterocycles. The molecule has 0 radical (unpaired) electrons. The normalized spacial score (nSPS) is 24.7. The first kappa shape index (κ1) is 10.6. The number of hydrogen-bond acceptors (Lipinski definition) is 4. The van der Waals surface area contributed by atoms with Gasteiger partial charge in [-0.1, -0.05) is 0 Å². The largest absolute Gasteiger partial charge is 0.480 e. The number of amides is 1. The molecule has 2 rings (SSSR count). The summed E-state index contributed by atoms with van der Waals surface area (Å²) in [6.45, 7) is 0.0365. The lowest BCUT2D eigenvalue weighted by Gasteiger charge is -2.19. The number of rotatable bonds is 2. The number of aromatic amines is 1. The predicted molar refractivity (Wildman–Crippen MR) is 51.7 cm³/mol. The van der Waals surface area contributed by atoms with Crippen molar-refractivity contribution in [1.29, 1.82) is 0 Å². The Morgan fingerprint density at radius 3 is 2.88 bits per heavy atom. The van der Waals surface area contributed by atoms with Crippen molar-refractivity contribution in [3.8, 4) is 0 Å². The van der Waals surface area contributed by atoms with E-state index in [9.17, 15) is 14.7 Å². The first-order chi connectivity index (χ1) is 7.59. The van der Waals surface area contributed by atoms with Crippen LogP contribution in [0.5, 0.6) is 0 Å². The number of nitrogens with one attached hydrogen (secondary N) is 1. The van der Waals surface area contributed by atoms with Gasteiger partial charge in [0.1, 0.15) is 11.7 Å². The van der Waals surface area contributed by atoms with Crippen LogP contribution in [0.15, 0.2) is 12.5 Å². The zero-order valence-electron chi connectivity index (χ0n) is 8.33. The summed E-state index contributed by atoms with van der Waals surface area (Å²) in [5, 5.41) is 18.3. The number of carboxylic acid groups (broad SMARTS) is 1. The van der Waals surface area contributed by atoms with Gasteiger partial charge in [-0.2, -0.15) is 0 Å². The van der Waals surface area contributed by atoms with E-state index < -0.39 is 24.0 Å². The van der Waals surface area contributed by atoms with Crippen molar-refractivity contribution < 1.29 is 19.8 Å². The second-order valence-electron chi connectivity index (χ2n) is 3.67. The Hall–Kier alpha value is -1.89. The first-order valence-corrected chi connectivity index (χ1v) is 4.80. The zero-order chi connectivity index (χ0) is 11.7. The highest BCUT2D eigenvalue weighted by molar-refractivity contribution is 5.95. The number of imidazole rings is 1. The second kappa shape index (κ2) is 3.93. The molecule has 2 heterocycles. The minimum Gasteiger partial charge on any atom is -0.480 e. The number of aliphatic carboxylic acids is 1. The van der Waals surface area contributed by atoms with Gasteiger partial charge in [0.05, 0.1) is 18.6 Å². The molecule has 2 atom stereocenters. The molecule has 86 valence electrons. The van der Waals surface area contributed by atoms with Crippen molar-refractivity contribution >= 4 is 11.9 Å². The fourth-order valence-corrected chi connectivity index (χ4v) is 1.80. The van der Waals surface area contributed by atoms with E-state index in [1.54, 1.807) is 0 Å². The quantitative estimate of drug-likeness (QED) is 0.602. The number of likely N-dealkylation sites (tertiary alicyclic amines) is 1. The Morgan fingerprint density at radius 1 is 1.56 bits per heavy atom. The summed E-state index contributed by atoms with van der Waals surface area (Å²) in [5.74, 6) is -1.56. The van der Waals surface area contributed by atoms with Gasteiger partial charge in [0, 0.05) is 13.0 Å². The topological polar surface area (TPSA) is 107 Å². The summed E-state index contributed by atoms with van der Waals surface area (Å²) in [4.78, 5) is 30.2. The molecule has 7 heteroatoms. The van der Waals surface area contributed by atoms with Crippen LogP contribution < -0.4 is 0 Å². The van der Waals surface area contributed by atoms with Crippen LogP contribution in [0.25, 0.3) is 0 Å². The highest BCUT2D eigenvalue weighted by atomic mass is 16.4. The molecule has 3 N–H and O–H groups in total. The van der Waals surface area contributed by atoms with Crippen LogP contribution in [-0.4, -0.2) is 55.6 Å². The summed E-state index contributed by atoms with van der Waals surface area (Å²) in [7, 11) is 0. The third-order valence-corrected chi connectivity index (χ3v) is 2.55. The van der Waals surface area contributed by atoms with Crippen LogP contribution in [0.1, 0.15) is 16.9 Å². The van der Waals surface area contributed by atoms with Crippen molar-refractivity contribution in [1.82, 2.24) is 14.9 Å². The lowest BCUT2D eigenvalue weighted by Crippen LogP contribution is -2.40. The van der Waals surface area contributed by atoms with Gasteiger partial charge in [-0.25, -0.2) is 9.78 Å². The van der Waals surface area contributed by atoms with Gasteiger partial charge in [0.25, 0.3) is 5.91 Å². The fourth-order valence-electron chi connectivity index (χ4n) is 1.80. The van der Waals surface area contributed by atoms with Crippen LogP contribution in [0.2, 0.25) is 0 Å². The predicted octanol–water partition coefficient (Wildman–Crippen LogP) is -0.930. The molecular formula is C9H11N3O4. The molecule has 0 aliphatic carbocycles. The molecule has 0 aromatic carbocycles. The van der Waals surface area contributed by atoms with E-state index in [0.717, 1.165) is 4.90 Å². The maximum absolute atomic E-state index is 11.8. The van der Waals surface area contributed by atoms with E-state index in [1.165, 1.54) is 12.5 Å². The molecule has 1 aliphatic rings. The maximum atomic E-state index is 11.8. The summed E-state index contributed by atoms with van der Waals surface area (Å²) < 4.78 is 0. The second-order valence-corrected chi connectivity index (χ2v) is 3.67. The summed E-state index contributed by atoms with van der Waals surface area (Å²) in [5.41, 5.74) is 0.223. The molecule has 1 aliphatic heterocycles. The number of carbonyl (C=O) groups excluding carboxylic acids is 1. The number of carboxylic acids is 1. The number of carbonyl (C=O) groups is 2. The van der Waals surface area contributed by atoms with Crippen molar-refractivity contribution in [3.63, 3.8) is 0 Å². The number of H-pyrrole nitrogens is 1. The van der Waals surface area contributed by atoms with E-state index >= 15 is 0 Å². The summed E-state index contributed by atoms with van der Waals surface area (Å²) >= 11 is 0. The van der Waals surface area contributed by atoms with Crippen molar-refractivity contribution in [3.05, 3.63) is 18.2 Å². The molecule has 7 nitrogen and oxygen atoms in total. The van der Waals surface area contributed by atoms with Crippen molar-refractivity contribution in [2.24, 2.45) is 0 Å². The number of aromatic nitrogens is 2. The van der Waals surface area contributed by atoms with Crippen molar-refractivity contribution in [2.75, 3.05) is 6.54 Å². The van der Waals surface area contributed by atoms with Crippen LogP contribution in [0.3, 0.4) is 0 Å². The Balaban J connectivity index is 2.20. The number of aliphatic hydroxyl groups is 1. The van der Waals surface area contributed by atoms with Gasteiger partial charge in [-0.15, -0.1) is 0 Å². The van der Waals surface area contributed by atoms with Crippen LogP contribution in [-0.2, 0) is 4.79 Å². The average molecular weight is 225 g/mol. The van der Waals surface area contributed by atoms with E-state index in [2.05, 4.69) is 9.97 Å². The smallest absolute Gasteiger partial charge is 0.326 e. The number of β-amino-alcohol motifs (C(OH)–C–C–N with tert-alkyl or cyclic N) is 1. The zero-order valence-corrected chi connectivity index (χ0v) is 8.33. The SMILES string of the molecule is O=C(O)[C@@H]1C[C@H](O)CN1C(=O)c1cnc[nH]1. The van der Waals surface area contributed by atoms with E-state index in [1.807, 2.05) is 0 Å². The molecule has 1 aromatic rings. The first-order valence-electron chi connectivity index (χ1n) is 4.80. The van der Waals surface area contributed by atoms with Gasteiger partial charge in [-0.05, 0) is 0 Å². The lowest BCUT2D eigenvalue weighted by molar-refractivity contribution is -0.141. The molecule has 16 heavy (non-hydrogen) atoms. The minimum atomic E-state index is -1.11. The Labute approximate surface area is 90.7 Å². The molecule has 1 saturated heterocycles. The number of nitrogens with zero attached hydrogens (tertiary/aromatic N) is 2. The van der Waals surface area contributed by atoms with Crippen LogP contribution >= 0.6 is 0 Å². The standard InChI is InChI=1S/C9H11N3O4/c13-5-1-7(9(15)16)12(3-5)8(14)6-2-10-4-11-6/h2,4-5,7,13H,1,3H2,(H,10,11)(H,15,16)/t5-,7-/m0/s1. The van der Waals surface area contributed by atoms with Gasteiger partial charge < -0.3 is 20.1 Å². The van der Waals surface area contributed by atoms with E-state index in [4.69, 9.17) is 5.11 Å². The highest BCUT2D eigenvalue weighted by Gasteiger charge is 2.39. The Bertz CT molecular complexity index is 403. The summed E-state index contributed by atoms with van der Waals surface area (Å²) in [6.07, 6.45) is 1.95. The third-order valence-electron chi connectivity index (χ3n) is 2.55. The Morgan fingerprint density at radius 2 is 2.31 bits per heavy atom. The van der Waals surface area contributed by atoms with Gasteiger partial charge in [0.2, 0.25) is 0 Å². The van der Waals surface area contributed by atoms with Crippen LogP contribution in [0.4, 0.5) is 0 Å². The van der Waals surface area contributed by atoms with Crippen LogP contribution in [0, 0.1) is 0 Å². The third kappa shape index (κ3) is 1.76. The van der Waals surface area contributed by atoms with Gasteiger partial charge in [-0.3, -0.25) is 4.79 Å². The molecule has 1 fully saturated rings. The summed E-state index contributed by atoms with van der Waals surface area (Å²) in [6, 6.07) is -0.967. The maximum Gasteiger partial charge on any atom is 0.326 e. The Kier molecular flexibility index (Phi) is 2.61. The molecule has 1 amide bonds. The van der Waals surface area contributed by atoms with E-state index in [-0.39, 0.29) is 18.7 Å². The number of hydrogen-bond donors (Lipinski definition) is 3. The molecule has 0 spiro atoms. The molecule has 0 saturated carbocycles. The van der Waals surface area contributed by atoms with Gasteiger partial charge in [0.15, 0.2) is 0 Å². The number of aliphatic hydroxyl groups excluding tert-OH is 1. The van der Waals surface area contributed by atoms with Gasteiger partial charge >= 0.3 is 5.97 Å². The van der Waals surface area contributed by atoms with Crippen molar-refractivity contribution in [2.45, 2.75) is 18.6 Å². The highest BCUT2D eigenvalue weighted by Crippen LogP contribution is 2.20. The average Bonchev–Trinajstić information content (AvgIpc) is 2.84. The molecular weight excluding hydrogens is 214 g/mol. The molecule has 0 bridgehead atoms. The lowest BCUT2D eigenvalue weighted by atomic mass is 10.2. The molecule has 0 unspecified atom stereocenters.